The number of nitrogens with one attached hydrogen (secondary N) is 1. The van der Waals surface area contributed by atoms with Crippen LogP contribution < -0.4 is 15.1 Å². The van der Waals surface area contributed by atoms with E-state index in [1.165, 1.54) is 17.7 Å². The summed E-state index contributed by atoms with van der Waals surface area (Å²) < 4.78 is 0. The molecule has 62 heavy (non-hydrogen) atoms. The fourth-order valence-corrected chi connectivity index (χ4v) is 9.66. The van der Waals surface area contributed by atoms with E-state index in [9.17, 15) is 24.4 Å². The summed E-state index contributed by atoms with van der Waals surface area (Å²) in [6.07, 6.45) is 15.4. The molecule has 2 aromatic carbocycles. The number of nitriles is 2. The molecule has 4 fully saturated rings. The molecule has 12 nitrogen and oxygen atoms in total. The Balaban J connectivity index is 0.000000235. The van der Waals surface area contributed by atoms with E-state index in [0.29, 0.717) is 25.2 Å². The third kappa shape index (κ3) is 14.7. The van der Waals surface area contributed by atoms with Gasteiger partial charge in [-0.3, -0.25) is 29.0 Å². The van der Waals surface area contributed by atoms with Crippen LogP contribution in [-0.2, 0) is 9.59 Å². The van der Waals surface area contributed by atoms with E-state index in [0.717, 1.165) is 152 Å². The maximum Gasteiger partial charge on any atom is 0.235 e. The second-order valence-electron chi connectivity index (χ2n) is 17.8. The van der Waals surface area contributed by atoms with Gasteiger partial charge in [0.05, 0.1) is 6.07 Å². The zero-order valence-electron chi connectivity index (χ0n) is 37.9. The van der Waals surface area contributed by atoms with Crippen molar-refractivity contribution >= 4 is 34.8 Å². The molecule has 2 aliphatic carbocycles. The molecular formula is C50H72N8O4. The maximum atomic E-state index is 12.2. The summed E-state index contributed by atoms with van der Waals surface area (Å²) in [5, 5.41) is 21.0. The van der Waals surface area contributed by atoms with Crippen LogP contribution in [0.3, 0.4) is 0 Å². The molecular weight excluding hydrogens is 777 g/mol. The smallest absolute Gasteiger partial charge is 0.235 e. The molecule has 1 N–H and O–H groups in total. The number of carbonyl (C=O) groups is 4. The third-order valence-electron chi connectivity index (χ3n) is 13.6. The lowest BCUT2D eigenvalue weighted by molar-refractivity contribution is -0.130. The molecule has 12 heteroatoms. The molecule has 0 atom stereocenters. The monoisotopic (exact) mass is 849 g/mol. The van der Waals surface area contributed by atoms with Gasteiger partial charge in [-0.25, -0.2) is 4.90 Å². The molecule has 2 amide bonds. The van der Waals surface area contributed by atoms with Crippen LogP contribution in [0.5, 0.6) is 0 Å². The van der Waals surface area contributed by atoms with Gasteiger partial charge < -0.3 is 15.1 Å². The topological polar surface area (TPSA) is 144 Å². The van der Waals surface area contributed by atoms with Crippen LogP contribution in [0.2, 0.25) is 0 Å². The third-order valence-corrected chi connectivity index (χ3v) is 13.6. The standard InChI is InChI=1S/C26H38N4O2.C24H34N4O2/c1-3-6-26(32)30(20-27)23-11-9-21(10-12-23)13-14-28-15-17-29(18-16-28)24-8-5-7-22(19-24)25(31)4-2;1-2-23(29)20-4-3-5-22(18-20)28-16-14-27(15-17-28)13-11-19-6-8-21(9-7-19)26-24(30)10-12-25/h5,7-8,19,21,23H,3-4,6,9-18H2,1-2H3;3-5,18-19,21H,2,6-11,13-17H2,1H3,(H,26,30). The Morgan fingerprint density at radius 2 is 1.13 bits per heavy atom. The Labute approximate surface area is 371 Å². The van der Waals surface area contributed by atoms with Gasteiger partial charge in [-0.15, -0.1) is 0 Å². The Morgan fingerprint density at radius 1 is 0.661 bits per heavy atom. The van der Waals surface area contributed by atoms with Crippen LogP contribution in [0.4, 0.5) is 11.4 Å². The predicted octanol–water partition coefficient (Wildman–Crippen LogP) is 7.84. The van der Waals surface area contributed by atoms with E-state index < -0.39 is 0 Å². The summed E-state index contributed by atoms with van der Waals surface area (Å²) in [6, 6.07) is 18.4. The molecule has 0 bridgehead atoms. The van der Waals surface area contributed by atoms with E-state index in [1.807, 2.05) is 63.2 Å². The second kappa shape index (κ2) is 25.4. The van der Waals surface area contributed by atoms with Crippen LogP contribution in [0.15, 0.2) is 48.5 Å². The number of anilines is 2. The van der Waals surface area contributed by atoms with Gasteiger partial charge in [0.25, 0.3) is 0 Å². The molecule has 2 saturated carbocycles. The number of ketones is 2. The predicted molar refractivity (Wildman–Crippen MR) is 246 cm³/mol. The zero-order valence-corrected chi connectivity index (χ0v) is 37.9. The first-order chi connectivity index (χ1) is 30.1. The molecule has 2 aliphatic heterocycles. The molecule has 0 radical (unpaired) electrons. The first-order valence-electron chi connectivity index (χ1n) is 23.7. The van der Waals surface area contributed by atoms with Gasteiger partial charge >= 0.3 is 0 Å². The van der Waals surface area contributed by atoms with E-state index >= 15 is 0 Å². The second-order valence-corrected chi connectivity index (χ2v) is 17.8. The van der Waals surface area contributed by atoms with Crippen molar-refractivity contribution in [2.45, 2.75) is 129 Å². The molecule has 0 spiro atoms. The van der Waals surface area contributed by atoms with Crippen LogP contribution in [0, 0.1) is 34.6 Å². The Kier molecular flexibility index (Phi) is 19.7. The summed E-state index contributed by atoms with van der Waals surface area (Å²) in [5.41, 5.74) is 3.94. The first-order valence-corrected chi connectivity index (χ1v) is 23.7. The Hall–Kier alpha value is -4.78. The summed E-state index contributed by atoms with van der Waals surface area (Å²) in [7, 11) is 0. The number of Topliss-reactive ketones (excluding diaryl/α,β-unsaturated/α-hetero) is 2. The minimum atomic E-state index is -0.136. The average Bonchev–Trinajstić information content (AvgIpc) is 3.31. The SMILES string of the molecule is CCC(=O)c1cccc(N2CCN(CCC3CCC(NC(=O)CC#N)CC3)CC2)c1.CCCC(=O)N(C#N)C1CCC(CCN2CCN(c3cccc(C(=O)CC)c3)CC2)CC1. The van der Waals surface area contributed by atoms with Crippen LogP contribution >= 0.6 is 0 Å². The Bertz CT molecular complexity index is 1820. The van der Waals surface area contributed by atoms with Crippen molar-refractivity contribution in [2.24, 2.45) is 11.8 Å². The van der Waals surface area contributed by atoms with Crippen molar-refractivity contribution in [1.29, 1.82) is 10.5 Å². The lowest BCUT2D eigenvalue weighted by Gasteiger charge is -2.37. The summed E-state index contributed by atoms with van der Waals surface area (Å²) >= 11 is 0. The van der Waals surface area contributed by atoms with Crippen molar-refractivity contribution in [1.82, 2.24) is 20.0 Å². The highest BCUT2D eigenvalue weighted by Crippen LogP contribution is 2.31. The highest BCUT2D eigenvalue weighted by Gasteiger charge is 2.30. The zero-order chi connectivity index (χ0) is 44.3. The molecule has 2 heterocycles. The van der Waals surface area contributed by atoms with Crippen molar-refractivity contribution < 1.29 is 19.2 Å². The van der Waals surface area contributed by atoms with E-state index in [2.05, 4.69) is 43.2 Å². The number of carbonyl (C=O) groups excluding carboxylic acids is 4. The molecule has 2 aromatic rings. The van der Waals surface area contributed by atoms with Gasteiger partial charge in [-0.1, -0.05) is 45.0 Å². The molecule has 6 rings (SSSR count). The molecule has 4 aliphatic rings. The van der Waals surface area contributed by atoms with Crippen LogP contribution in [0.1, 0.15) is 138 Å². The summed E-state index contributed by atoms with van der Waals surface area (Å²) in [5.74, 6) is 1.69. The highest BCUT2D eigenvalue weighted by atomic mass is 16.2. The van der Waals surface area contributed by atoms with Crippen molar-refractivity contribution in [3.05, 3.63) is 59.7 Å². The largest absolute Gasteiger partial charge is 0.369 e. The summed E-state index contributed by atoms with van der Waals surface area (Å²) in [4.78, 5) is 59.0. The lowest BCUT2D eigenvalue weighted by Crippen LogP contribution is -2.47. The number of amides is 2. The summed E-state index contributed by atoms with van der Waals surface area (Å²) in [6.45, 7) is 16.3. The van der Waals surface area contributed by atoms with Gasteiger partial charge in [0.1, 0.15) is 6.42 Å². The number of rotatable bonds is 17. The van der Waals surface area contributed by atoms with E-state index in [1.54, 1.807) is 0 Å². The van der Waals surface area contributed by atoms with E-state index in [-0.39, 0.29) is 41.9 Å². The van der Waals surface area contributed by atoms with Gasteiger partial charge in [0.15, 0.2) is 17.8 Å². The number of piperazine rings is 2. The maximum absolute atomic E-state index is 12.2. The van der Waals surface area contributed by atoms with Gasteiger partial charge in [0.2, 0.25) is 11.8 Å². The van der Waals surface area contributed by atoms with E-state index in [4.69, 9.17) is 5.26 Å². The van der Waals surface area contributed by atoms with Gasteiger partial charge in [-0.05, 0) is 120 Å². The van der Waals surface area contributed by atoms with Crippen molar-refractivity contribution in [3.63, 3.8) is 0 Å². The fourth-order valence-electron chi connectivity index (χ4n) is 9.66. The fraction of sp³-hybridized carbons (Fsp3) is 0.640. The van der Waals surface area contributed by atoms with Crippen molar-refractivity contribution in [2.75, 3.05) is 75.2 Å². The minimum Gasteiger partial charge on any atom is -0.369 e. The van der Waals surface area contributed by atoms with Gasteiger partial charge in [0, 0.05) is 106 Å². The Morgan fingerprint density at radius 3 is 1.55 bits per heavy atom. The van der Waals surface area contributed by atoms with Gasteiger partial charge in [-0.2, -0.15) is 10.5 Å². The molecule has 0 aromatic heterocycles. The average molecular weight is 849 g/mol. The first kappa shape index (κ1) is 48.3. The van der Waals surface area contributed by atoms with Crippen LogP contribution in [-0.4, -0.2) is 116 Å². The quantitative estimate of drug-likeness (QED) is 0.0950. The molecule has 0 unspecified atom stereocenters. The molecule has 336 valence electrons. The number of nitrogens with zero attached hydrogens (tertiary/aromatic N) is 7. The number of benzene rings is 2. The minimum absolute atomic E-state index is 0.0130. The molecule has 2 saturated heterocycles. The normalized spacial score (nSPS) is 22.0. The lowest BCUT2D eigenvalue weighted by atomic mass is 9.83. The van der Waals surface area contributed by atoms with Crippen LogP contribution in [0.25, 0.3) is 0 Å². The number of hydrogen-bond acceptors (Lipinski definition) is 10. The highest BCUT2D eigenvalue weighted by molar-refractivity contribution is 5.97. The van der Waals surface area contributed by atoms with Crippen molar-refractivity contribution in [3.8, 4) is 12.3 Å². The number of hydrogen-bond donors (Lipinski definition) is 1.